The molecule has 1 aliphatic heterocycles. The normalized spacial score (nSPS) is 17.1. The number of aliphatic hydroxyl groups excluding tert-OH is 1. The summed E-state index contributed by atoms with van der Waals surface area (Å²) in [4.78, 5) is 25.3. The summed E-state index contributed by atoms with van der Waals surface area (Å²) in [5, 5.41) is 21.3. The van der Waals surface area contributed by atoms with Gasteiger partial charge in [0.15, 0.2) is 11.4 Å². The van der Waals surface area contributed by atoms with Crippen molar-refractivity contribution in [2.75, 3.05) is 0 Å². The van der Waals surface area contributed by atoms with Gasteiger partial charge in [-0.05, 0) is 44.9 Å². The minimum atomic E-state index is -0.922. The van der Waals surface area contributed by atoms with Crippen LogP contribution >= 0.6 is 0 Å². The molecule has 3 rings (SSSR count). The first-order valence-corrected chi connectivity index (χ1v) is 9.53. The number of aliphatic hydroxyl groups is 1. The molecule has 2 heterocycles. The molecule has 0 bridgehead atoms. The molecular formula is C22H26O6. The molecule has 0 saturated heterocycles. The number of phenols is 1. The summed E-state index contributed by atoms with van der Waals surface area (Å²) in [6.07, 6.45) is 3.96. The van der Waals surface area contributed by atoms with Gasteiger partial charge in [0.25, 0.3) is 0 Å². The third kappa shape index (κ3) is 3.33. The zero-order chi connectivity index (χ0) is 20.8. The Morgan fingerprint density at radius 1 is 1.29 bits per heavy atom. The lowest BCUT2D eigenvalue weighted by Crippen LogP contribution is -2.29. The van der Waals surface area contributed by atoms with Gasteiger partial charge in [-0.2, -0.15) is 0 Å². The fourth-order valence-corrected chi connectivity index (χ4v) is 3.43. The number of ether oxygens (including phenoxy) is 1. The van der Waals surface area contributed by atoms with E-state index in [9.17, 15) is 19.8 Å². The van der Waals surface area contributed by atoms with E-state index >= 15 is 0 Å². The number of carbonyl (C=O) groups is 1. The first-order valence-electron chi connectivity index (χ1n) is 9.53. The number of aryl methyl sites for hydroxylation is 1. The maximum Gasteiger partial charge on any atom is 0.336 e. The molecule has 2 N–H and O–H groups in total. The number of Topliss-reactive ketones (excluding diaryl/α,β-unsaturated/α-hetero) is 1. The summed E-state index contributed by atoms with van der Waals surface area (Å²) in [5.74, 6) is -1.18. The number of hydrogen-bond donors (Lipinski definition) is 2. The van der Waals surface area contributed by atoms with E-state index in [0.717, 1.165) is 6.42 Å². The summed E-state index contributed by atoms with van der Waals surface area (Å²) >= 11 is 0. The molecule has 0 amide bonds. The second-order valence-corrected chi connectivity index (χ2v) is 7.94. The molecule has 1 aliphatic rings. The molecule has 2 atom stereocenters. The van der Waals surface area contributed by atoms with Crippen LogP contribution in [0.2, 0.25) is 0 Å². The standard InChI is InChI=1S/C22H26O6/c1-6-7-13-10-15(24)27-21-16(13)20-14(8-9-22(4,5)28-20)19(26)17(21)18(25)11(2)12(3)23/h8-12,23,26H,6-7H2,1-5H3/t11-,12+/m1/s1. The lowest BCUT2D eigenvalue weighted by atomic mass is 9.88. The number of hydrogen-bond acceptors (Lipinski definition) is 6. The van der Waals surface area contributed by atoms with Crippen LogP contribution in [0.15, 0.2) is 21.4 Å². The van der Waals surface area contributed by atoms with E-state index in [2.05, 4.69) is 0 Å². The highest BCUT2D eigenvalue weighted by molar-refractivity contribution is 6.13. The Kier molecular flexibility index (Phi) is 5.10. The summed E-state index contributed by atoms with van der Waals surface area (Å²) in [5.41, 5.74) is -0.223. The van der Waals surface area contributed by atoms with Gasteiger partial charge in [-0.25, -0.2) is 4.79 Å². The van der Waals surface area contributed by atoms with Gasteiger partial charge < -0.3 is 19.4 Å². The topological polar surface area (TPSA) is 97.0 Å². The quantitative estimate of drug-likeness (QED) is 0.599. The number of aromatic hydroxyl groups is 1. The van der Waals surface area contributed by atoms with Gasteiger partial charge in [0.2, 0.25) is 0 Å². The Balaban J connectivity index is 2.47. The predicted molar refractivity (Wildman–Crippen MR) is 107 cm³/mol. The van der Waals surface area contributed by atoms with E-state index in [1.165, 1.54) is 13.0 Å². The highest BCUT2D eigenvalue weighted by Crippen LogP contribution is 2.46. The van der Waals surface area contributed by atoms with Gasteiger partial charge in [0, 0.05) is 12.0 Å². The molecule has 0 radical (unpaired) electrons. The van der Waals surface area contributed by atoms with Crippen LogP contribution in [-0.2, 0) is 6.42 Å². The molecule has 6 heteroatoms. The van der Waals surface area contributed by atoms with E-state index < -0.39 is 29.0 Å². The van der Waals surface area contributed by atoms with Crippen molar-refractivity contribution in [2.24, 2.45) is 5.92 Å². The molecule has 0 unspecified atom stereocenters. The second kappa shape index (κ2) is 7.09. The van der Waals surface area contributed by atoms with E-state index in [4.69, 9.17) is 9.15 Å². The Morgan fingerprint density at radius 3 is 2.57 bits per heavy atom. The number of rotatable bonds is 5. The van der Waals surface area contributed by atoms with E-state index in [0.29, 0.717) is 28.7 Å². The summed E-state index contributed by atoms with van der Waals surface area (Å²) in [6, 6.07) is 1.41. The van der Waals surface area contributed by atoms with Crippen LogP contribution in [0.4, 0.5) is 0 Å². The lowest BCUT2D eigenvalue weighted by Gasteiger charge is -2.30. The van der Waals surface area contributed by atoms with Crippen LogP contribution in [-0.4, -0.2) is 27.7 Å². The van der Waals surface area contributed by atoms with Crippen LogP contribution in [0.5, 0.6) is 11.5 Å². The Bertz CT molecular complexity index is 1030. The van der Waals surface area contributed by atoms with Crippen LogP contribution in [0.3, 0.4) is 0 Å². The van der Waals surface area contributed by atoms with Crippen LogP contribution in [0, 0.1) is 5.92 Å². The van der Waals surface area contributed by atoms with Gasteiger partial charge >= 0.3 is 5.63 Å². The summed E-state index contributed by atoms with van der Waals surface area (Å²) in [7, 11) is 0. The Hall–Kier alpha value is -2.60. The minimum Gasteiger partial charge on any atom is -0.506 e. The van der Waals surface area contributed by atoms with Gasteiger partial charge in [-0.3, -0.25) is 4.79 Å². The molecule has 0 saturated carbocycles. The first kappa shape index (κ1) is 20.1. The number of phenolic OH excluding ortho intramolecular Hbond substituents is 1. The third-order valence-electron chi connectivity index (χ3n) is 5.15. The smallest absolute Gasteiger partial charge is 0.336 e. The highest BCUT2D eigenvalue weighted by Gasteiger charge is 2.34. The molecule has 1 aromatic heterocycles. The van der Waals surface area contributed by atoms with Crippen molar-refractivity contribution in [1.82, 2.24) is 0 Å². The molecule has 1 aromatic carbocycles. The largest absolute Gasteiger partial charge is 0.506 e. The monoisotopic (exact) mass is 386 g/mol. The van der Waals surface area contributed by atoms with Gasteiger partial charge in [0.1, 0.15) is 22.7 Å². The lowest BCUT2D eigenvalue weighted by molar-refractivity contribution is 0.0757. The Morgan fingerprint density at radius 2 is 1.96 bits per heavy atom. The van der Waals surface area contributed by atoms with Crippen LogP contribution in [0.1, 0.15) is 62.5 Å². The van der Waals surface area contributed by atoms with Gasteiger partial charge in [-0.1, -0.05) is 20.3 Å². The average molecular weight is 386 g/mol. The van der Waals surface area contributed by atoms with Crippen molar-refractivity contribution in [2.45, 2.75) is 59.2 Å². The van der Waals surface area contributed by atoms with E-state index in [-0.39, 0.29) is 16.9 Å². The van der Waals surface area contributed by atoms with Crippen LogP contribution in [0.25, 0.3) is 17.0 Å². The van der Waals surface area contributed by atoms with E-state index in [1.807, 2.05) is 20.8 Å². The van der Waals surface area contributed by atoms with Crippen molar-refractivity contribution in [1.29, 1.82) is 0 Å². The SMILES string of the molecule is CCCc1cc(=O)oc2c(C(=O)[C@H](C)[C@H](C)O)c(O)c3c(c12)OC(C)(C)C=C3. The van der Waals surface area contributed by atoms with Crippen molar-refractivity contribution in [3.05, 3.63) is 39.3 Å². The highest BCUT2D eigenvalue weighted by atomic mass is 16.5. The zero-order valence-electron chi connectivity index (χ0n) is 16.8. The zero-order valence-corrected chi connectivity index (χ0v) is 16.8. The molecule has 28 heavy (non-hydrogen) atoms. The molecule has 0 fully saturated rings. The third-order valence-corrected chi connectivity index (χ3v) is 5.15. The fourth-order valence-electron chi connectivity index (χ4n) is 3.43. The number of fused-ring (bicyclic) bond motifs is 3. The van der Waals surface area contributed by atoms with Crippen molar-refractivity contribution in [3.8, 4) is 11.5 Å². The summed E-state index contributed by atoms with van der Waals surface area (Å²) < 4.78 is 11.5. The minimum absolute atomic E-state index is 0.01000. The van der Waals surface area contributed by atoms with E-state index in [1.54, 1.807) is 19.1 Å². The molecule has 0 aliphatic carbocycles. The maximum absolute atomic E-state index is 13.1. The number of carbonyl (C=O) groups excluding carboxylic acids is 1. The molecule has 0 spiro atoms. The number of benzene rings is 1. The van der Waals surface area contributed by atoms with Crippen molar-refractivity contribution in [3.63, 3.8) is 0 Å². The Labute approximate surface area is 163 Å². The fraction of sp³-hybridized carbons (Fsp3) is 0.455. The molecular weight excluding hydrogens is 360 g/mol. The van der Waals surface area contributed by atoms with Gasteiger partial charge in [-0.15, -0.1) is 0 Å². The van der Waals surface area contributed by atoms with Crippen molar-refractivity contribution >= 4 is 22.8 Å². The molecule has 2 aromatic rings. The van der Waals surface area contributed by atoms with Crippen molar-refractivity contribution < 1.29 is 24.2 Å². The first-order chi connectivity index (χ1) is 13.1. The second-order valence-electron chi connectivity index (χ2n) is 7.94. The molecule has 6 nitrogen and oxygen atoms in total. The number of ketones is 1. The predicted octanol–water partition coefficient (Wildman–Crippen LogP) is 3.83. The van der Waals surface area contributed by atoms with Gasteiger partial charge in [0.05, 0.1) is 17.1 Å². The summed E-state index contributed by atoms with van der Waals surface area (Å²) in [6.45, 7) is 8.82. The maximum atomic E-state index is 13.1. The molecule has 150 valence electrons. The average Bonchev–Trinajstić information content (AvgIpc) is 2.59. The van der Waals surface area contributed by atoms with Crippen LogP contribution < -0.4 is 10.4 Å².